The van der Waals surface area contributed by atoms with Gasteiger partial charge in [-0.3, -0.25) is 10.1 Å². The van der Waals surface area contributed by atoms with Crippen molar-refractivity contribution in [1.82, 2.24) is 29.8 Å². The molecule has 0 unspecified atom stereocenters. The molecule has 4 rings (SSSR count). The lowest BCUT2D eigenvalue weighted by molar-refractivity contribution is -0.116. The molecule has 0 radical (unpaired) electrons. The second kappa shape index (κ2) is 6.19. The molecule has 0 spiro atoms. The molecule has 3 heterocycles. The van der Waals surface area contributed by atoms with E-state index >= 15 is 0 Å². The second-order valence-corrected chi connectivity index (χ2v) is 5.41. The van der Waals surface area contributed by atoms with Gasteiger partial charge in [-0.25, -0.2) is 4.98 Å². The van der Waals surface area contributed by atoms with E-state index in [1.807, 2.05) is 24.3 Å². The largest absolute Gasteiger partial charge is 0.480 e. The van der Waals surface area contributed by atoms with Crippen molar-refractivity contribution in [2.75, 3.05) is 12.4 Å². The maximum atomic E-state index is 12.2. The van der Waals surface area contributed by atoms with E-state index in [9.17, 15) is 4.79 Å². The number of ether oxygens (including phenoxy) is 1. The molecule has 0 atom stereocenters. The Balaban J connectivity index is 1.44. The average Bonchev–Trinajstić information content (AvgIpc) is 3.22. The number of aromatic amines is 1. The summed E-state index contributed by atoms with van der Waals surface area (Å²) in [5.74, 6) is 1.31. The molecule has 0 saturated carbocycles. The number of imidazole rings is 1. The van der Waals surface area contributed by atoms with Crippen LogP contribution in [0.3, 0.4) is 0 Å². The number of aromatic nitrogens is 6. The number of carbonyl (C=O) groups excluding carboxylic acids is 1. The Morgan fingerprint density at radius 2 is 2.12 bits per heavy atom. The predicted molar refractivity (Wildman–Crippen MR) is 90.4 cm³/mol. The Bertz CT molecular complexity index is 1020. The van der Waals surface area contributed by atoms with Gasteiger partial charge < -0.3 is 9.72 Å². The molecule has 9 heteroatoms. The third kappa shape index (κ3) is 2.99. The Hall–Kier alpha value is -3.49. The Morgan fingerprint density at radius 3 is 2.96 bits per heavy atom. The van der Waals surface area contributed by atoms with Crippen molar-refractivity contribution in [3.8, 4) is 5.88 Å². The fourth-order valence-corrected chi connectivity index (χ4v) is 2.51. The van der Waals surface area contributed by atoms with E-state index in [4.69, 9.17) is 4.74 Å². The molecule has 0 saturated heterocycles. The van der Waals surface area contributed by atoms with Gasteiger partial charge in [-0.05, 0) is 18.2 Å². The van der Waals surface area contributed by atoms with Crippen LogP contribution in [0.5, 0.6) is 5.88 Å². The van der Waals surface area contributed by atoms with Crippen LogP contribution in [0.15, 0.2) is 36.4 Å². The number of benzene rings is 1. The number of H-pyrrole nitrogens is 1. The fraction of sp³-hybridized carbons (Fsp3) is 0.188. The summed E-state index contributed by atoms with van der Waals surface area (Å²) in [6.45, 7) is 0. The SMILES string of the molecule is COc1ccc2nnc(CCC(=O)Nc3nc4ccccc4[nH]3)n2n1. The van der Waals surface area contributed by atoms with Gasteiger partial charge in [0.05, 0.1) is 18.1 Å². The number of rotatable bonds is 5. The van der Waals surface area contributed by atoms with E-state index in [1.54, 1.807) is 23.8 Å². The van der Waals surface area contributed by atoms with Crippen LogP contribution in [0.25, 0.3) is 16.7 Å². The minimum Gasteiger partial charge on any atom is -0.480 e. The third-order valence-electron chi connectivity index (χ3n) is 3.73. The van der Waals surface area contributed by atoms with Crippen molar-refractivity contribution in [1.29, 1.82) is 0 Å². The zero-order chi connectivity index (χ0) is 17.2. The fourth-order valence-electron chi connectivity index (χ4n) is 2.51. The van der Waals surface area contributed by atoms with Crippen molar-refractivity contribution in [3.05, 3.63) is 42.2 Å². The Morgan fingerprint density at radius 1 is 1.24 bits per heavy atom. The molecule has 0 aliphatic rings. The molecule has 0 fully saturated rings. The van der Waals surface area contributed by atoms with Crippen LogP contribution in [0.2, 0.25) is 0 Å². The van der Waals surface area contributed by atoms with Gasteiger partial charge in [0.2, 0.25) is 17.7 Å². The third-order valence-corrected chi connectivity index (χ3v) is 3.73. The van der Waals surface area contributed by atoms with Crippen LogP contribution in [0.4, 0.5) is 5.95 Å². The number of nitrogens with zero attached hydrogens (tertiary/aromatic N) is 5. The zero-order valence-corrected chi connectivity index (χ0v) is 13.4. The molecule has 0 bridgehead atoms. The zero-order valence-electron chi connectivity index (χ0n) is 13.4. The summed E-state index contributed by atoms with van der Waals surface area (Å²) in [4.78, 5) is 19.5. The minimum atomic E-state index is -0.168. The van der Waals surface area contributed by atoms with Crippen molar-refractivity contribution in [3.63, 3.8) is 0 Å². The van der Waals surface area contributed by atoms with Gasteiger partial charge in [-0.2, -0.15) is 4.52 Å². The summed E-state index contributed by atoms with van der Waals surface area (Å²) in [5, 5.41) is 15.1. The van der Waals surface area contributed by atoms with Gasteiger partial charge in [0.1, 0.15) is 0 Å². The normalized spacial score (nSPS) is 11.1. The summed E-state index contributed by atoms with van der Waals surface area (Å²) >= 11 is 0. The van der Waals surface area contributed by atoms with Crippen molar-refractivity contribution < 1.29 is 9.53 Å². The summed E-state index contributed by atoms with van der Waals surface area (Å²) < 4.78 is 6.68. The van der Waals surface area contributed by atoms with E-state index in [-0.39, 0.29) is 12.3 Å². The number of hydrogen-bond donors (Lipinski definition) is 2. The van der Waals surface area contributed by atoms with Gasteiger partial charge in [0.15, 0.2) is 11.5 Å². The van der Waals surface area contributed by atoms with Crippen LogP contribution in [0.1, 0.15) is 12.2 Å². The first-order valence-electron chi connectivity index (χ1n) is 7.73. The molecule has 4 aromatic rings. The van der Waals surface area contributed by atoms with Gasteiger partial charge in [0.25, 0.3) is 0 Å². The summed E-state index contributed by atoms with van der Waals surface area (Å²) in [6, 6.07) is 11.1. The van der Waals surface area contributed by atoms with Crippen molar-refractivity contribution in [2.24, 2.45) is 0 Å². The standard InChI is InChI=1S/C16H15N7O2/c1-25-15-9-7-13-21-20-12(23(13)22-15)6-8-14(24)19-16-17-10-4-2-3-5-11(10)18-16/h2-5,7,9H,6,8H2,1H3,(H2,17,18,19,24). The maximum absolute atomic E-state index is 12.2. The molecule has 1 amide bonds. The van der Waals surface area contributed by atoms with Crippen molar-refractivity contribution in [2.45, 2.75) is 12.8 Å². The van der Waals surface area contributed by atoms with Gasteiger partial charge in [0, 0.05) is 18.9 Å². The lowest BCUT2D eigenvalue weighted by Gasteiger charge is -2.02. The number of anilines is 1. The van der Waals surface area contributed by atoms with Crippen LogP contribution in [0, 0.1) is 0 Å². The van der Waals surface area contributed by atoms with Gasteiger partial charge in [-0.15, -0.1) is 15.3 Å². The summed E-state index contributed by atoms with van der Waals surface area (Å²) in [7, 11) is 1.54. The van der Waals surface area contributed by atoms with Gasteiger partial charge in [-0.1, -0.05) is 12.1 Å². The van der Waals surface area contributed by atoms with Crippen LogP contribution in [-0.4, -0.2) is 42.8 Å². The van der Waals surface area contributed by atoms with E-state index in [0.717, 1.165) is 11.0 Å². The minimum absolute atomic E-state index is 0.168. The highest BCUT2D eigenvalue weighted by Crippen LogP contribution is 2.14. The highest BCUT2D eigenvalue weighted by Gasteiger charge is 2.12. The summed E-state index contributed by atoms with van der Waals surface area (Å²) in [6.07, 6.45) is 0.629. The molecule has 0 aliphatic heterocycles. The number of carbonyl (C=O) groups is 1. The first-order chi connectivity index (χ1) is 12.2. The topological polar surface area (TPSA) is 110 Å². The molecule has 9 nitrogen and oxygen atoms in total. The molecular formula is C16H15N7O2. The number of hydrogen-bond acceptors (Lipinski definition) is 6. The van der Waals surface area contributed by atoms with Crippen molar-refractivity contribution >= 4 is 28.5 Å². The highest BCUT2D eigenvalue weighted by atomic mass is 16.5. The first-order valence-corrected chi connectivity index (χ1v) is 7.73. The lowest BCUT2D eigenvalue weighted by atomic mass is 10.3. The van der Waals surface area contributed by atoms with Crippen LogP contribution < -0.4 is 10.1 Å². The Labute approximate surface area is 142 Å². The number of para-hydroxylation sites is 2. The second-order valence-electron chi connectivity index (χ2n) is 5.41. The number of fused-ring (bicyclic) bond motifs is 2. The lowest BCUT2D eigenvalue weighted by Crippen LogP contribution is -2.14. The quantitative estimate of drug-likeness (QED) is 0.572. The molecule has 25 heavy (non-hydrogen) atoms. The number of methoxy groups -OCH3 is 1. The summed E-state index contributed by atoms with van der Waals surface area (Å²) in [5.41, 5.74) is 2.28. The average molecular weight is 337 g/mol. The molecule has 1 aromatic carbocycles. The van der Waals surface area contributed by atoms with E-state index in [1.165, 1.54) is 0 Å². The highest BCUT2D eigenvalue weighted by molar-refractivity contribution is 5.91. The van der Waals surface area contributed by atoms with E-state index in [0.29, 0.717) is 29.7 Å². The number of nitrogens with one attached hydrogen (secondary N) is 2. The van der Waals surface area contributed by atoms with Crippen LogP contribution >= 0.6 is 0 Å². The monoisotopic (exact) mass is 337 g/mol. The van der Waals surface area contributed by atoms with E-state index < -0.39 is 0 Å². The molecular weight excluding hydrogens is 322 g/mol. The number of amides is 1. The van der Waals surface area contributed by atoms with Gasteiger partial charge >= 0.3 is 0 Å². The maximum Gasteiger partial charge on any atom is 0.231 e. The van der Waals surface area contributed by atoms with Crippen LogP contribution in [-0.2, 0) is 11.2 Å². The number of aryl methyl sites for hydroxylation is 1. The molecule has 0 aliphatic carbocycles. The predicted octanol–water partition coefficient (Wildman–Crippen LogP) is 1.58. The molecule has 126 valence electrons. The smallest absolute Gasteiger partial charge is 0.231 e. The molecule has 3 aromatic heterocycles. The Kier molecular flexibility index (Phi) is 3.73. The van der Waals surface area contributed by atoms with E-state index in [2.05, 4.69) is 30.6 Å². The first kappa shape index (κ1) is 15.1. The molecule has 2 N–H and O–H groups in total.